The van der Waals surface area contributed by atoms with Crippen molar-refractivity contribution in [2.75, 3.05) is 19.8 Å². The molecule has 5 nitrogen and oxygen atoms in total. The second-order valence-electron chi connectivity index (χ2n) is 5.82. The molecule has 0 saturated heterocycles. The smallest absolute Gasteiger partial charge is 0.258 e. The molecule has 2 heterocycles. The molecule has 2 N–H and O–H groups in total. The molecule has 3 rings (SSSR count). The minimum Gasteiger partial charge on any atom is -0.494 e. The number of carbonyl (C=O) groups is 1. The number of hydrogen-bond donors (Lipinski definition) is 2. The summed E-state index contributed by atoms with van der Waals surface area (Å²) in [5.74, 6) is 1.04. The highest BCUT2D eigenvalue weighted by atomic mass is 32.1. The standard InChI is InChI=1S/C20H21NO4S2/c1-2-24-16-5-7-17(8-6-16)25-12-19(22)21-14-20(23,15-9-11-26-13-15)18-4-3-10-27-18/h3-11,13,23H,2,12,14H2,1H3,(H,21,22). The van der Waals surface area contributed by atoms with Gasteiger partial charge in [-0.15, -0.1) is 11.3 Å². The van der Waals surface area contributed by atoms with Crippen LogP contribution in [0.4, 0.5) is 0 Å². The summed E-state index contributed by atoms with van der Waals surface area (Å²) >= 11 is 2.96. The summed E-state index contributed by atoms with van der Waals surface area (Å²) in [7, 11) is 0. The fourth-order valence-corrected chi connectivity index (χ4v) is 4.14. The van der Waals surface area contributed by atoms with Gasteiger partial charge >= 0.3 is 0 Å². The van der Waals surface area contributed by atoms with E-state index in [1.165, 1.54) is 22.7 Å². The third-order valence-electron chi connectivity index (χ3n) is 3.97. The van der Waals surface area contributed by atoms with Crippen molar-refractivity contribution in [2.45, 2.75) is 12.5 Å². The molecule has 0 radical (unpaired) electrons. The van der Waals surface area contributed by atoms with Gasteiger partial charge in [-0.1, -0.05) is 6.07 Å². The van der Waals surface area contributed by atoms with Gasteiger partial charge in [0.25, 0.3) is 5.91 Å². The molecule has 142 valence electrons. The van der Waals surface area contributed by atoms with Crippen LogP contribution in [-0.2, 0) is 10.4 Å². The number of benzene rings is 1. The number of ether oxygens (including phenoxy) is 2. The van der Waals surface area contributed by atoms with Crippen molar-refractivity contribution >= 4 is 28.6 Å². The summed E-state index contributed by atoms with van der Waals surface area (Å²) < 4.78 is 10.9. The number of carbonyl (C=O) groups excluding carboxylic acids is 1. The Morgan fingerprint density at radius 3 is 2.44 bits per heavy atom. The first-order valence-corrected chi connectivity index (χ1v) is 10.4. The largest absolute Gasteiger partial charge is 0.494 e. The van der Waals surface area contributed by atoms with E-state index in [0.717, 1.165) is 16.2 Å². The Hall–Kier alpha value is -2.35. The first kappa shape index (κ1) is 19.4. The molecule has 0 aliphatic heterocycles. The van der Waals surface area contributed by atoms with Crippen LogP contribution in [0.25, 0.3) is 0 Å². The van der Waals surface area contributed by atoms with Crippen molar-refractivity contribution in [2.24, 2.45) is 0 Å². The normalized spacial score (nSPS) is 13.0. The third kappa shape index (κ3) is 4.88. The van der Waals surface area contributed by atoms with Gasteiger partial charge in [-0.2, -0.15) is 11.3 Å². The van der Waals surface area contributed by atoms with Crippen LogP contribution in [0.5, 0.6) is 11.5 Å². The molecule has 0 bridgehead atoms. The van der Waals surface area contributed by atoms with Crippen molar-refractivity contribution < 1.29 is 19.4 Å². The molecule has 0 fully saturated rings. The Balaban J connectivity index is 1.57. The maximum absolute atomic E-state index is 12.2. The Kier molecular flexibility index (Phi) is 6.49. The van der Waals surface area contributed by atoms with Crippen molar-refractivity contribution in [1.82, 2.24) is 5.32 Å². The molecular weight excluding hydrogens is 382 g/mol. The van der Waals surface area contributed by atoms with Gasteiger partial charge in [-0.05, 0) is 59.5 Å². The number of hydrogen-bond acceptors (Lipinski definition) is 6. The van der Waals surface area contributed by atoms with Gasteiger partial charge in [0.15, 0.2) is 6.61 Å². The van der Waals surface area contributed by atoms with E-state index < -0.39 is 5.60 Å². The zero-order valence-electron chi connectivity index (χ0n) is 14.9. The highest BCUT2D eigenvalue weighted by Gasteiger charge is 2.33. The highest BCUT2D eigenvalue weighted by molar-refractivity contribution is 7.10. The van der Waals surface area contributed by atoms with E-state index >= 15 is 0 Å². The van der Waals surface area contributed by atoms with E-state index in [9.17, 15) is 9.90 Å². The fraction of sp³-hybridized carbons (Fsp3) is 0.250. The second kappa shape index (κ2) is 9.03. The van der Waals surface area contributed by atoms with Crippen LogP contribution >= 0.6 is 22.7 Å². The van der Waals surface area contributed by atoms with Gasteiger partial charge in [0, 0.05) is 10.4 Å². The summed E-state index contributed by atoms with van der Waals surface area (Å²) in [4.78, 5) is 13.0. The monoisotopic (exact) mass is 403 g/mol. The summed E-state index contributed by atoms with van der Waals surface area (Å²) in [6.07, 6.45) is 0. The quantitative estimate of drug-likeness (QED) is 0.572. The lowest BCUT2D eigenvalue weighted by Crippen LogP contribution is -2.42. The zero-order valence-corrected chi connectivity index (χ0v) is 16.5. The number of rotatable bonds is 9. The molecule has 1 unspecified atom stereocenters. The van der Waals surface area contributed by atoms with E-state index in [0.29, 0.717) is 12.4 Å². The van der Waals surface area contributed by atoms with Gasteiger partial charge in [-0.25, -0.2) is 0 Å². The minimum atomic E-state index is -1.25. The van der Waals surface area contributed by atoms with Gasteiger partial charge in [0.2, 0.25) is 0 Å². The highest BCUT2D eigenvalue weighted by Crippen LogP contribution is 2.33. The first-order chi connectivity index (χ1) is 13.1. The number of thiophene rings is 2. The second-order valence-corrected chi connectivity index (χ2v) is 7.55. The molecule has 1 amide bonds. The number of aliphatic hydroxyl groups is 1. The van der Waals surface area contributed by atoms with Gasteiger partial charge in [0.05, 0.1) is 13.2 Å². The van der Waals surface area contributed by atoms with Crippen LogP contribution in [0.2, 0.25) is 0 Å². The SMILES string of the molecule is CCOc1ccc(OCC(=O)NCC(O)(c2ccsc2)c2cccs2)cc1. The average molecular weight is 404 g/mol. The molecular formula is C20H21NO4S2. The number of nitrogens with one attached hydrogen (secondary N) is 1. The van der Waals surface area contributed by atoms with Crippen LogP contribution in [0.3, 0.4) is 0 Å². The van der Waals surface area contributed by atoms with E-state index in [2.05, 4.69) is 5.32 Å². The average Bonchev–Trinajstić information content (AvgIpc) is 3.40. The van der Waals surface area contributed by atoms with Gasteiger partial charge in [-0.3, -0.25) is 4.79 Å². The molecule has 2 aromatic heterocycles. The lowest BCUT2D eigenvalue weighted by molar-refractivity contribution is -0.124. The van der Waals surface area contributed by atoms with Gasteiger partial charge < -0.3 is 19.9 Å². The maximum atomic E-state index is 12.2. The van der Waals surface area contributed by atoms with Crippen LogP contribution in [0.1, 0.15) is 17.4 Å². The predicted octanol–water partition coefficient (Wildman–Crippen LogP) is 3.64. The molecule has 1 atom stereocenters. The minimum absolute atomic E-state index is 0.0791. The summed E-state index contributed by atoms with van der Waals surface area (Å²) in [5, 5.41) is 19.7. The summed E-state index contributed by atoms with van der Waals surface area (Å²) in [6, 6.07) is 12.7. The fourth-order valence-electron chi connectivity index (χ4n) is 2.57. The molecule has 0 aliphatic rings. The van der Waals surface area contributed by atoms with E-state index in [4.69, 9.17) is 9.47 Å². The Morgan fingerprint density at radius 2 is 1.85 bits per heavy atom. The van der Waals surface area contributed by atoms with Crippen molar-refractivity contribution in [1.29, 1.82) is 0 Å². The Bertz CT molecular complexity index is 795. The predicted molar refractivity (Wildman–Crippen MR) is 108 cm³/mol. The van der Waals surface area contributed by atoms with Crippen LogP contribution < -0.4 is 14.8 Å². The molecule has 27 heavy (non-hydrogen) atoms. The van der Waals surface area contributed by atoms with Crippen molar-refractivity contribution in [3.05, 3.63) is 69.0 Å². The summed E-state index contributed by atoms with van der Waals surface area (Å²) in [6.45, 7) is 2.47. The van der Waals surface area contributed by atoms with E-state index in [-0.39, 0.29) is 19.1 Å². The molecule has 0 saturated carbocycles. The van der Waals surface area contributed by atoms with Crippen molar-refractivity contribution in [3.8, 4) is 11.5 Å². The van der Waals surface area contributed by atoms with E-state index in [1.807, 2.05) is 41.3 Å². The molecule has 3 aromatic rings. The van der Waals surface area contributed by atoms with Crippen LogP contribution in [0, 0.1) is 0 Å². The molecule has 1 aromatic carbocycles. The van der Waals surface area contributed by atoms with E-state index in [1.54, 1.807) is 24.3 Å². The van der Waals surface area contributed by atoms with Crippen LogP contribution in [-0.4, -0.2) is 30.8 Å². The molecule has 0 spiro atoms. The van der Waals surface area contributed by atoms with Crippen molar-refractivity contribution in [3.63, 3.8) is 0 Å². The molecule has 7 heteroatoms. The first-order valence-electron chi connectivity index (χ1n) is 8.53. The van der Waals surface area contributed by atoms with Crippen LogP contribution in [0.15, 0.2) is 58.6 Å². The van der Waals surface area contributed by atoms with Gasteiger partial charge in [0.1, 0.15) is 17.1 Å². The summed E-state index contributed by atoms with van der Waals surface area (Å²) in [5.41, 5.74) is -0.481. The third-order valence-corrected chi connectivity index (χ3v) is 5.68. The molecule has 0 aliphatic carbocycles. The Morgan fingerprint density at radius 1 is 1.11 bits per heavy atom. The lowest BCUT2D eigenvalue weighted by Gasteiger charge is -2.27. The lowest BCUT2D eigenvalue weighted by atomic mass is 9.94. The number of amides is 1. The maximum Gasteiger partial charge on any atom is 0.258 e. The topological polar surface area (TPSA) is 67.8 Å². The Labute approximate surface area is 166 Å². The zero-order chi connectivity index (χ0) is 19.1.